The number of unbranched alkanes of at least 4 members (excludes halogenated alkanes) is 10. The molecular formula is C23H40O2. The molecule has 0 unspecified atom stereocenters. The minimum Gasteiger partial charge on any atom is -0.393 e. The third kappa shape index (κ3) is 14.0. The lowest BCUT2D eigenvalue weighted by Crippen LogP contribution is -2.10. The van der Waals surface area contributed by atoms with E-state index in [0.29, 0.717) is 13.2 Å². The molecule has 0 aliphatic heterocycles. The van der Waals surface area contributed by atoms with Gasteiger partial charge in [0.1, 0.15) is 0 Å². The van der Waals surface area contributed by atoms with Crippen LogP contribution in [0.5, 0.6) is 0 Å². The van der Waals surface area contributed by atoms with Gasteiger partial charge in [-0.2, -0.15) is 0 Å². The smallest absolute Gasteiger partial charge is 0.0716 e. The third-order valence-electron chi connectivity index (χ3n) is 4.85. The summed E-state index contributed by atoms with van der Waals surface area (Å²) in [5.74, 6) is 0. The number of aliphatic hydroxyl groups excluding tert-OH is 1. The van der Waals surface area contributed by atoms with Crippen molar-refractivity contribution in [3.8, 4) is 0 Å². The summed E-state index contributed by atoms with van der Waals surface area (Å²) in [6.07, 6.45) is 16.4. The van der Waals surface area contributed by atoms with E-state index in [0.717, 1.165) is 19.3 Å². The number of benzene rings is 1. The van der Waals surface area contributed by atoms with Gasteiger partial charge in [0, 0.05) is 6.61 Å². The minimum absolute atomic E-state index is 0.200. The van der Waals surface area contributed by atoms with Crippen LogP contribution in [0.15, 0.2) is 30.3 Å². The Labute approximate surface area is 156 Å². The van der Waals surface area contributed by atoms with E-state index in [1.807, 2.05) is 18.2 Å². The van der Waals surface area contributed by atoms with Crippen molar-refractivity contribution in [1.82, 2.24) is 0 Å². The lowest BCUT2D eigenvalue weighted by atomic mass is 10.0. The molecule has 1 atom stereocenters. The molecule has 0 spiro atoms. The molecule has 0 fully saturated rings. The van der Waals surface area contributed by atoms with Gasteiger partial charge in [0.15, 0.2) is 0 Å². The van der Waals surface area contributed by atoms with Crippen LogP contribution in [0.3, 0.4) is 0 Å². The highest BCUT2D eigenvalue weighted by Crippen LogP contribution is 2.13. The van der Waals surface area contributed by atoms with E-state index in [1.165, 1.54) is 69.8 Å². The van der Waals surface area contributed by atoms with Gasteiger partial charge >= 0.3 is 0 Å². The molecule has 1 aromatic rings. The maximum atomic E-state index is 10.0. The van der Waals surface area contributed by atoms with Gasteiger partial charge in [0.2, 0.25) is 0 Å². The van der Waals surface area contributed by atoms with Gasteiger partial charge in [-0.1, -0.05) is 108 Å². The normalized spacial score (nSPS) is 12.4. The Kier molecular flexibility index (Phi) is 14.7. The van der Waals surface area contributed by atoms with E-state index in [2.05, 4.69) is 19.1 Å². The van der Waals surface area contributed by atoms with Gasteiger partial charge in [-0.15, -0.1) is 0 Å². The van der Waals surface area contributed by atoms with E-state index < -0.39 is 0 Å². The maximum absolute atomic E-state index is 10.0. The fraction of sp³-hybridized carbons (Fsp3) is 0.739. The van der Waals surface area contributed by atoms with Crippen molar-refractivity contribution in [2.45, 2.75) is 103 Å². The highest BCUT2D eigenvalue weighted by molar-refractivity contribution is 5.13. The second kappa shape index (κ2) is 16.6. The molecule has 0 aliphatic rings. The van der Waals surface area contributed by atoms with Crippen LogP contribution in [0.2, 0.25) is 0 Å². The van der Waals surface area contributed by atoms with Crippen LogP contribution in [0, 0.1) is 0 Å². The van der Waals surface area contributed by atoms with Gasteiger partial charge in [0.25, 0.3) is 0 Å². The average molecular weight is 349 g/mol. The molecule has 0 aromatic heterocycles. The fourth-order valence-electron chi connectivity index (χ4n) is 3.17. The summed E-state index contributed by atoms with van der Waals surface area (Å²) in [4.78, 5) is 0. The molecular weight excluding hydrogens is 308 g/mol. The molecule has 1 N–H and O–H groups in total. The molecule has 0 saturated heterocycles. The Morgan fingerprint density at radius 2 is 1.32 bits per heavy atom. The van der Waals surface area contributed by atoms with E-state index in [1.54, 1.807) is 0 Å². The summed E-state index contributed by atoms with van der Waals surface area (Å²) in [6, 6.07) is 10.2. The standard InChI is InChI=1S/C23H40O2/c1-2-3-4-5-6-7-8-9-10-11-15-18-23(24)19-20-25-21-22-16-13-12-14-17-22/h12-14,16-17,23-24H,2-11,15,18-21H2,1H3/t23-/m0/s1. The van der Waals surface area contributed by atoms with E-state index in [4.69, 9.17) is 4.74 Å². The lowest BCUT2D eigenvalue weighted by Gasteiger charge is -2.11. The zero-order valence-corrected chi connectivity index (χ0v) is 16.4. The zero-order valence-electron chi connectivity index (χ0n) is 16.4. The van der Waals surface area contributed by atoms with Crippen molar-refractivity contribution in [3.63, 3.8) is 0 Å². The molecule has 0 bridgehead atoms. The highest BCUT2D eigenvalue weighted by Gasteiger charge is 2.04. The van der Waals surface area contributed by atoms with Crippen molar-refractivity contribution in [1.29, 1.82) is 0 Å². The number of aliphatic hydroxyl groups is 1. The summed E-state index contributed by atoms with van der Waals surface area (Å²) in [5.41, 5.74) is 1.20. The minimum atomic E-state index is -0.200. The Morgan fingerprint density at radius 3 is 1.92 bits per heavy atom. The molecule has 1 aromatic carbocycles. The molecule has 1 rings (SSSR count). The summed E-state index contributed by atoms with van der Waals surface area (Å²) in [5, 5.41) is 10.0. The van der Waals surface area contributed by atoms with E-state index in [9.17, 15) is 5.11 Å². The third-order valence-corrected chi connectivity index (χ3v) is 4.85. The predicted octanol–water partition coefficient (Wildman–Crippen LogP) is 6.66. The van der Waals surface area contributed by atoms with Crippen molar-refractivity contribution in [2.24, 2.45) is 0 Å². The summed E-state index contributed by atoms with van der Waals surface area (Å²) in [6.45, 7) is 3.56. The molecule has 0 saturated carbocycles. The SMILES string of the molecule is CCCCCCCCCCCCC[C@H](O)CCOCc1ccccc1. The van der Waals surface area contributed by atoms with Gasteiger partial charge in [-0.3, -0.25) is 0 Å². The molecule has 0 heterocycles. The monoisotopic (exact) mass is 348 g/mol. The Morgan fingerprint density at radius 1 is 0.760 bits per heavy atom. The van der Waals surface area contributed by atoms with Crippen LogP contribution in [0.4, 0.5) is 0 Å². The summed E-state index contributed by atoms with van der Waals surface area (Å²) in [7, 11) is 0. The summed E-state index contributed by atoms with van der Waals surface area (Å²) < 4.78 is 5.64. The molecule has 0 aliphatic carbocycles. The van der Waals surface area contributed by atoms with Crippen molar-refractivity contribution < 1.29 is 9.84 Å². The number of hydrogen-bond acceptors (Lipinski definition) is 2. The summed E-state index contributed by atoms with van der Waals surface area (Å²) >= 11 is 0. The van der Waals surface area contributed by atoms with Crippen molar-refractivity contribution in [2.75, 3.05) is 6.61 Å². The maximum Gasteiger partial charge on any atom is 0.0716 e. The van der Waals surface area contributed by atoms with Gasteiger partial charge in [0.05, 0.1) is 12.7 Å². The number of hydrogen-bond donors (Lipinski definition) is 1. The van der Waals surface area contributed by atoms with Gasteiger partial charge < -0.3 is 9.84 Å². The largest absolute Gasteiger partial charge is 0.393 e. The topological polar surface area (TPSA) is 29.5 Å². The Balaban J connectivity index is 1.80. The molecule has 0 radical (unpaired) electrons. The van der Waals surface area contributed by atoms with E-state index in [-0.39, 0.29) is 6.10 Å². The van der Waals surface area contributed by atoms with E-state index >= 15 is 0 Å². The van der Waals surface area contributed by atoms with Crippen LogP contribution in [0.1, 0.15) is 96.0 Å². The van der Waals surface area contributed by atoms with Gasteiger partial charge in [-0.05, 0) is 18.4 Å². The highest BCUT2D eigenvalue weighted by atomic mass is 16.5. The molecule has 144 valence electrons. The van der Waals surface area contributed by atoms with Crippen LogP contribution in [0.25, 0.3) is 0 Å². The first-order chi connectivity index (χ1) is 12.3. The second-order valence-electron chi connectivity index (χ2n) is 7.30. The first kappa shape index (κ1) is 22.2. The lowest BCUT2D eigenvalue weighted by molar-refractivity contribution is 0.0689. The Hall–Kier alpha value is -0.860. The fourth-order valence-corrected chi connectivity index (χ4v) is 3.17. The second-order valence-corrected chi connectivity index (χ2v) is 7.30. The zero-order chi connectivity index (χ0) is 18.0. The average Bonchev–Trinajstić information content (AvgIpc) is 2.64. The van der Waals surface area contributed by atoms with Crippen LogP contribution in [-0.2, 0) is 11.3 Å². The number of ether oxygens (including phenoxy) is 1. The van der Waals surface area contributed by atoms with Crippen LogP contribution < -0.4 is 0 Å². The van der Waals surface area contributed by atoms with Crippen LogP contribution in [-0.4, -0.2) is 17.8 Å². The van der Waals surface area contributed by atoms with Crippen molar-refractivity contribution in [3.05, 3.63) is 35.9 Å². The first-order valence-electron chi connectivity index (χ1n) is 10.6. The van der Waals surface area contributed by atoms with Gasteiger partial charge in [-0.25, -0.2) is 0 Å². The molecule has 25 heavy (non-hydrogen) atoms. The number of rotatable bonds is 17. The molecule has 0 amide bonds. The first-order valence-corrected chi connectivity index (χ1v) is 10.6. The van der Waals surface area contributed by atoms with Crippen molar-refractivity contribution >= 4 is 0 Å². The predicted molar refractivity (Wildman–Crippen MR) is 108 cm³/mol. The van der Waals surface area contributed by atoms with Crippen LogP contribution >= 0.6 is 0 Å². The molecule has 2 nitrogen and oxygen atoms in total. The Bertz CT molecular complexity index is 377. The quantitative estimate of drug-likeness (QED) is 0.319. The molecule has 2 heteroatoms.